The molecular formula is C15H14BrNO4. The van der Waals surface area contributed by atoms with Gasteiger partial charge < -0.3 is 9.84 Å². The number of hydrogen-bond acceptors (Lipinski definition) is 4. The molecule has 0 unspecified atom stereocenters. The number of ether oxygens (including phenoxy) is 1. The van der Waals surface area contributed by atoms with E-state index in [0.717, 1.165) is 10.0 Å². The third-order valence-electron chi connectivity index (χ3n) is 3.03. The molecule has 0 aliphatic carbocycles. The van der Waals surface area contributed by atoms with Crippen molar-refractivity contribution in [1.82, 2.24) is 0 Å². The Morgan fingerprint density at radius 1 is 1.24 bits per heavy atom. The van der Waals surface area contributed by atoms with E-state index < -0.39 is 11.0 Å². The quantitative estimate of drug-likeness (QED) is 0.649. The van der Waals surface area contributed by atoms with E-state index in [-0.39, 0.29) is 11.4 Å². The van der Waals surface area contributed by atoms with Crippen molar-refractivity contribution in [3.63, 3.8) is 0 Å². The van der Waals surface area contributed by atoms with Crippen molar-refractivity contribution in [2.45, 2.75) is 20.0 Å². The summed E-state index contributed by atoms with van der Waals surface area (Å²) in [7, 11) is 0. The highest BCUT2D eigenvalue weighted by molar-refractivity contribution is 9.10. The summed E-state index contributed by atoms with van der Waals surface area (Å²) in [6, 6.07) is 9.92. The molecule has 5 nitrogen and oxygen atoms in total. The number of aliphatic hydroxyl groups excluding tert-OH is 1. The summed E-state index contributed by atoms with van der Waals surface area (Å²) in [5.74, 6) is 0.683. The number of nitrogens with zero attached hydrogens (tertiary/aromatic N) is 1. The molecule has 2 aromatic carbocycles. The van der Waals surface area contributed by atoms with E-state index in [4.69, 9.17) is 4.74 Å². The minimum Gasteiger partial charge on any atom is -0.450 e. The fourth-order valence-electron chi connectivity index (χ4n) is 1.83. The Balaban J connectivity index is 2.44. The maximum atomic E-state index is 11.2. The van der Waals surface area contributed by atoms with Crippen LogP contribution in [0.4, 0.5) is 5.69 Å². The first-order chi connectivity index (χ1) is 9.88. The lowest BCUT2D eigenvalue weighted by Crippen LogP contribution is -1.98. The lowest BCUT2D eigenvalue weighted by atomic mass is 10.1. The minimum atomic E-state index is -0.773. The van der Waals surface area contributed by atoms with Gasteiger partial charge in [0.25, 0.3) is 0 Å². The van der Waals surface area contributed by atoms with Gasteiger partial charge in [0.15, 0.2) is 0 Å². The fraction of sp³-hybridized carbons (Fsp3) is 0.200. The second-order valence-corrected chi connectivity index (χ2v) is 5.59. The van der Waals surface area contributed by atoms with Gasteiger partial charge in [0.1, 0.15) is 5.75 Å². The van der Waals surface area contributed by atoms with Gasteiger partial charge in [-0.2, -0.15) is 0 Å². The summed E-state index contributed by atoms with van der Waals surface area (Å²) in [5, 5.41) is 20.7. The van der Waals surface area contributed by atoms with Gasteiger partial charge in [-0.05, 0) is 43.2 Å². The lowest BCUT2D eigenvalue weighted by molar-refractivity contribution is -0.385. The van der Waals surface area contributed by atoms with E-state index in [1.165, 1.54) is 12.1 Å². The summed E-state index contributed by atoms with van der Waals surface area (Å²) < 4.78 is 6.49. The normalized spacial score (nSPS) is 12.0. The van der Waals surface area contributed by atoms with E-state index in [1.54, 1.807) is 19.1 Å². The highest BCUT2D eigenvalue weighted by atomic mass is 79.9. The van der Waals surface area contributed by atoms with E-state index in [9.17, 15) is 15.2 Å². The fourth-order valence-corrected chi connectivity index (χ4v) is 2.17. The molecule has 0 spiro atoms. The molecule has 2 rings (SSSR count). The summed E-state index contributed by atoms with van der Waals surface area (Å²) in [6.07, 6.45) is -0.773. The predicted molar refractivity (Wildman–Crippen MR) is 82.7 cm³/mol. The third-order valence-corrected chi connectivity index (χ3v) is 3.53. The number of aliphatic hydroxyl groups is 1. The Labute approximate surface area is 130 Å². The zero-order chi connectivity index (χ0) is 15.6. The monoisotopic (exact) mass is 351 g/mol. The first kappa shape index (κ1) is 15.5. The van der Waals surface area contributed by atoms with Crippen LogP contribution in [-0.4, -0.2) is 10.0 Å². The Hall–Kier alpha value is -1.92. The molecule has 0 aliphatic heterocycles. The molecule has 0 bridgehead atoms. The molecule has 2 aromatic rings. The number of aryl methyl sites for hydroxylation is 1. The highest BCUT2D eigenvalue weighted by Crippen LogP contribution is 2.35. The average molecular weight is 352 g/mol. The largest absolute Gasteiger partial charge is 0.450 e. The minimum absolute atomic E-state index is 0.144. The number of nitro groups is 1. The molecule has 0 saturated heterocycles. The van der Waals surface area contributed by atoms with Crippen LogP contribution in [0.1, 0.15) is 24.2 Å². The Morgan fingerprint density at radius 3 is 2.57 bits per heavy atom. The van der Waals surface area contributed by atoms with Crippen LogP contribution in [0.3, 0.4) is 0 Å². The maximum Gasteiger partial charge on any atom is 0.311 e. The number of benzene rings is 2. The number of rotatable bonds is 4. The van der Waals surface area contributed by atoms with Crippen LogP contribution in [0.2, 0.25) is 0 Å². The van der Waals surface area contributed by atoms with Gasteiger partial charge in [-0.15, -0.1) is 0 Å². The summed E-state index contributed by atoms with van der Waals surface area (Å²) in [6.45, 7) is 3.41. The Morgan fingerprint density at radius 2 is 1.95 bits per heavy atom. The molecule has 1 N–H and O–H groups in total. The summed E-state index contributed by atoms with van der Waals surface area (Å²) in [4.78, 5) is 10.7. The molecule has 0 radical (unpaired) electrons. The van der Waals surface area contributed by atoms with Crippen molar-refractivity contribution >= 4 is 21.6 Å². The zero-order valence-electron chi connectivity index (χ0n) is 11.5. The summed E-state index contributed by atoms with van der Waals surface area (Å²) >= 11 is 3.34. The first-order valence-corrected chi connectivity index (χ1v) is 7.08. The third kappa shape index (κ3) is 3.59. The van der Waals surface area contributed by atoms with Gasteiger partial charge in [0.05, 0.1) is 11.0 Å². The highest BCUT2D eigenvalue weighted by Gasteiger charge is 2.19. The molecule has 0 fully saturated rings. The number of hydrogen-bond donors (Lipinski definition) is 1. The SMILES string of the molecule is Cc1ccc(Br)cc1Oc1ccc([C@H](C)O)cc1[N+](=O)[O-]. The van der Waals surface area contributed by atoms with Crippen molar-refractivity contribution < 1.29 is 14.8 Å². The first-order valence-electron chi connectivity index (χ1n) is 6.29. The van der Waals surface area contributed by atoms with E-state index in [2.05, 4.69) is 15.9 Å². The standard InChI is InChI=1S/C15H14BrNO4/c1-9-3-5-12(16)8-15(9)21-14-6-4-11(10(2)18)7-13(14)17(19)20/h3-8,10,18H,1-2H3/t10-/m0/s1. The zero-order valence-corrected chi connectivity index (χ0v) is 13.1. The Kier molecular flexibility index (Phi) is 4.59. The van der Waals surface area contributed by atoms with Crippen LogP contribution in [0, 0.1) is 17.0 Å². The molecular weight excluding hydrogens is 338 g/mol. The van der Waals surface area contributed by atoms with Crippen molar-refractivity contribution in [3.05, 3.63) is 62.1 Å². The van der Waals surface area contributed by atoms with Gasteiger partial charge in [-0.3, -0.25) is 10.1 Å². The van der Waals surface area contributed by atoms with E-state index in [1.807, 2.05) is 19.1 Å². The predicted octanol–water partition coefficient (Wildman–Crippen LogP) is 4.51. The van der Waals surface area contributed by atoms with E-state index in [0.29, 0.717) is 11.3 Å². The smallest absolute Gasteiger partial charge is 0.311 e. The van der Waals surface area contributed by atoms with Crippen molar-refractivity contribution in [2.75, 3.05) is 0 Å². The van der Waals surface area contributed by atoms with Gasteiger partial charge >= 0.3 is 5.69 Å². The van der Waals surface area contributed by atoms with Crippen LogP contribution < -0.4 is 4.74 Å². The molecule has 0 aliphatic rings. The molecule has 110 valence electrons. The van der Waals surface area contributed by atoms with Crippen molar-refractivity contribution in [1.29, 1.82) is 0 Å². The number of nitro benzene ring substituents is 1. The summed E-state index contributed by atoms with van der Waals surface area (Å²) in [5.41, 5.74) is 1.17. The topological polar surface area (TPSA) is 72.6 Å². The second-order valence-electron chi connectivity index (χ2n) is 4.67. The molecule has 0 heterocycles. The molecule has 21 heavy (non-hydrogen) atoms. The molecule has 6 heteroatoms. The van der Waals surface area contributed by atoms with Gasteiger partial charge in [0, 0.05) is 10.5 Å². The molecule has 0 amide bonds. The molecule has 0 saturated carbocycles. The average Bonchev–Trinajstić information content (AvgIpc) is 2.42. The Bertz CT molecular complexity index is 685. The second kappa shape index (κ2) is 6.24. The van der Waals surface area contributed by atoms with Crippen LogP contribution in [0.5, 0.6) is 11.5 Å². The lowest BCUT2D eigenvalue weighted by Gasteiger charge is -2.11. The van der Waals surface area contributed by atoms with Gasteiger partial charge in [-0.1, -0.05) is 28.1 Å². The van der Waals surface area contributed by atoms with Crippen LogP contribution in [0.15, 0.2) is 40.9 Å². The van der Waals surface area contributed by atoms with Crippen LogP contribution in [-0.2, 0) is 0 Å². The molecule has 0 aromatic heterocycles. The van der Waals surface area contributed by atoms with Crippen LogP contribution >= 0.6 is 15.9 Å². The van der Waals surface area contributed by atoms with Crippen molar-refractivity contribution in [2.24, 2.45) is 0 Å². The van der Waals surface area contributed by atoms with E-state index >= 15 is 0 Å². The number of halogens is 1. The molecule has 1 atom stereocenters. The van der Waals surface area contributed by atoms with Crippen LogP contribution in [0.25, 0.3) is 0 Å². The van der Waals surface area contributed by atoms with Gasteiger partial charge in [-0.25, -0.2) is 0 Å². The van der Waals surface area contributed by atoms with Gasteiger partial charge in [0.2, 0.25) is 5.75 Å². The van der Waals surface area contributed by atoms with Crippen molar-refractivity contribution in [3.8, 4) is 11.5 Å². The maximum absolute atomic E-state index is 11.2.